The van der Waals surface area contributed by atoms with E-state index in [4.69, 9.17) is 26.8 Å². The van der Waals surface area contributed by atoms with Crippen LogP contribution in [0, 0.1) is 5.92 Å². The van der Waals surface area contributed by atoms with Gasteiger partial charge in [-0.05, 0) is 0 Å². The monoisotopic (exact) mass is 382 g/mol. The second-order valence-corrected chi connectivity index (χ2v) is 7.37. The van der Waals surface area contributed by atoms with Crippen molar-refractivity contribution in [3.05, 3.63) is 18.5 Å². The number of hydrogen-bond acceptors (Lipinski definition) is 8. The van der Waals surface area contributed by atoms with E-state index in [1.807, 2.05) is 5.01 Å². The standard InChI is InChI=1S/C16H23ClN6O3/c17-9-5-20-15-13(14(18)22-23(15)7-9)16(24)21-11-6-19-3-1-12(11)26-10-2-4-25-8-10/h1,3,6,9-10,13-15,20,22H,2,4-5,7-8,18H2,(H,21,24)/t9?,10-,13?,14?,15?/m1/s1. The van der Waals surface area contributed by atoms with E-state index in [-0.39, 0.29) is 23.6 Å². The van der Waals surface area contributed by atoms with E-state index in [2.05, 4.69) is 21.0 Å². The molecule has 9 nitrogen and oxygen atoms in total. The number of halogens is 1. The highest BCUT2D eigenvalue weighted by Crippen LogP contribution is 2.28. The van der Waals surface area contributed by atoms with E-state index in [9.17, 15) is 4.79 Å². The molecule has 4 rings (SSSR count). The first-order valence-electron chi connectivity index (χ1n) is 8.77. The lowest BCUT2D eigenvalue weighted by Gasteiger charge is -2.34. The predicted molar refractivity (Wildman–Crippen MR) is 95.5 cm³/mol. The molecule has 0 bridgehead atoms. The molecule has 1 aromatic rings. The molecule has 3 aliphatic heterocycles. The molecule has 142 valence electrons. The van der Waals surface area contributed by atoms with Crippen molar-refractivity contribution in [2.45, 2.75) is 30.2 Å². The summed E-state index contributed by atoms with van der Waals surface area (Å²) in [5.41, 5.74) is 9.79. The molecule has 4 unspecified atom stereocenters. The molecule has 3 fully saturated rings. The van der Waals surface area contributed by atoms with Crippen LogP contribution in [-0.2, 0) is 9.53 Å². The van der Waals surface area contributed by atoms with E-state index in [1.54, 1.807) is 18.5 Å². The first-order chi connectivity index (χ1) is 12.6. The molecular formula is C16H23ClN6O3. The summed E-state index contributed by atoms with van der Waals surface area (Å²) in [4.78, 5) is 17.0. The topological polar surface area (TPSA) is 114 Å². The Morgan fingerprint density at radius 2 is 2.42 bits per heavy atom. The largest absolute Gasteiger partial charge is 0.486 e. The number of pyridine rings is 1. The van der Waals surface area contributed by atoms with Crippen molar-refractivity contribution in [3.8, 4) is 5.75 Å². The Morgan fingerprint density at radius 1 is 1.54 bits per heavy atom. The predicted octanol–water partition coefficient (Wildman–Crippen LogP) is -0.554. The van der Waals surface area contributed by atoms with Crippen LogP contribution in [0.3, 0.4) is 0 Å². The summed E-state index contributed by atoms with van der Waals surface area (Å²) in [7, 11) is 0. The number of fused-ring (bicyclic) bond motifs is 1. The summed E-state index contributed by atoms with van der Waals surface area (Å²) in [6.07, 6.45) is 3.32. The minimum atomic E-state index is -0.501. The van der Waals surface area contributed by atoms with Crippen LogP contribution in [-0.4, -0.2) is 66.0 Å². The third kappa shape index (κ3) is 3.64. The van der Waals surface area contributed by atoms with Crippen molar-refractivity contribution in [2.75, 3.05) is 31.6 Å². The highest BCUT2D eigenvalue weighted by atomic mass is 35.5. The average Bonchev–Trinajstić information content (AvgIpc) is 3.23. The number of carbonyl (C=O) groups excluding carboxylic acids is 1. The van der Waals surface area contributed by atoms with Crippen molar-refractivity contribution in [1.82, 2.24) is 20.7 Å². The number of alkyl halides is 1. The third-order valence-corrected chi connectivity index (χ3v) is 5.14. The van der Waals surface area contributed by atoms with Gasteiger partial charge in [-0.1, -0.05) is 0 Å². The van der Waals surface area contributed by atoms with Crippen molar-refractivity contribution in [3.63, 3.8) is 0 Å². The van der Waals surface area contributed by atoms with Gasteiger partial charge in [-0.15, -0.1) is 11.6 Å². The second kappa shape index (κ2) is 7.63. The van der Waals surface area contributed by atoms with Crippen LogP contribution in [0.5, 0.6) is 5.75 Å². The number of hydrazine groups is 1. The molecule has 5 atom stereocenters. The lowest BCUT2D eigenvalue weighted by Crippen LogP contribution is -2.58. The molecule has 1 amide bonds. The zero-order valence-corrected chi connectivity index (χ0v) is 15.0. The highest BCUT2D eigenvalue weighted by Gasteiger charge is 2.46. The maximum absolute atomic E-state index is 12.9. The molecule has 26 heavy (non-hydrogen) atoms. The van der Waals surface area contributed by atoms with E-state index in [0.29, 0.717) is 37.7 Å². The Morgan fingerprint density at radius 3 is 3.23 bits per heavy atom. The highest BCUT2D eigenvalue weighted by molar-refractivity contribution is 6.21. The Balaban J connectivity index is 1.46. The van der Waals surface area contributed by atoms with Crippen molar-refractivity contribution in [2.24, 2.45) is 11.7 Å². The van der Waals surface area contributed by atoms with Crippen LogP contribution >= 0.6 is 11.6 Å². The molecule has 0 saturated carbocycles. The Hall–Kier alpha value is -1.49. The number of ether oxygens (including phenoxy) is 2. The Bertz CT molecular complexity index is 659. The number of rotatable bonds is 4. The zero-order valence-electron chi connectivity index (χ0n) is 14.2. The minimum Gasteiger partial charge on any atom is -0.486 e. The van der Waals surface area contributed by atoms with Crippen LogP contribution < -0.4 is 26.5 Å². The summed E-state index contributed by atoms with van der Waals surface area (Å²) >= 11 is 6.17. The molecule has 0 radical (unpaired) electrons. The normalized spacial score (nSPS) is 34.5. The lowest BCUT2D eigenvalue weighted by molar-refractivity contribution is -0.121. The minimum absolute atomic E-state index is 0.0142. The van der Waals surface area contributed by atoms with Gasteiger partial charge >= 0.3 is 0 Å². The molecule has 3 aliphatic rings. The SMILES string of the molecule is NC1NN2CC(Cl)CNC2C1C(=O)Nc1cnccc1O[C@@H]1CCOC1. The summed E-state index contributed by atoms with van der Waals surface area (Å²) in [6, 6.07) is 1.74. The fraction of sp³-hybridized carbons (Fsp3) is 0.625. The Kier molecular flexibility index (Phi) is 5.25. The first-order valence-corrected chi connectivity index (χ1v) is 9.20. The fourth-order valence-corrected chi connectivity index (χ4v) is 3.80. The van der Waals surface area contributed by atoms with Crippen LogP contribution in [0.15, 0.2) is 18.5 Å². The molecule has 0 aromatic carbocycles. The summed E-state index contributed by atoms with van der Waals surface area (Å²) in [6.45, 7) is 2.49. The molecule has 1 aromatic heterocycles. The molecule has 3 saturated heterocycles. The summed E-state index contributed by atoms with van der Waals surface area (Å²) in [5.74, 6) is -0.0850. The van der Waals surface area contributed by atoms with Crippen LogP contribution in [0.4, 0.5) is 5.69 Å². The summed E-state index contributed by atoms with van der Waals surface area (Å²) < 4.78 is 11.3. The number of amides is 1. The zero-order chi connectivity index (χ0) is 18.1. The van der Waals surface area contributed by atoms with Crippen LogP contribution in [0.1, 0.15) is 6.42 Å². The fourth-order valence-electron chi connectivity index (χ4n) is 3.56. The number of nitrogens with zero attached hydrogens (tertiary/aromatic N) is 2. The molecule has 10 heteroatoms. The van der Waals surface area contributed by atoms with Gasteiger partial charge in [0, 0.05) is 31.8 Å². The van der Waals surface area contributed by atoms with Gasteiger partial charge in [-0.25, -0.2) is 10.4 Å². The maximum Gasteiger partial charge on any atom is 0.233 e. The quantitative estimate of drug-likeness (QED) is 0.513. The molecule has 0 aliphatic carbocycles. The van der Waals surface area contributed by atoms with Gasteiger partial charge in [0.25, 0.3) is 0 Å². The summed E-state index contributed by atoms with van der Waals surface area (Å²) in [5, 5.41) is 8.06. The van der Waals surface area contributed by atoms with E-state index >= 15 is 0 Å². The number of nitrogens with two attached hydrogens (primary N) is 1. The van der Waals surface area contributed by atoms with Gasteiger partial charge in [-0.3, -0.25) is 15.1 Å². The number of carbonyl (C=O) groups is 1. The number of anilines is 1. The van der Waals surface area contributed by atoms with Gasteiger partial charge in [0.15, 0.2) is 0 Å². The molecule has 5 N–H and O–H groups in total. The van der Waals surface area contributed by atoms with Crippen molar-refractivity contribution >= 4 is 23.2 Å². The van der Waals surface area contributed by atoms with E-state index in [1.165, 1.54) is 0 Å². The van der Waals surface area contributed by atoms with Crippen LogP contribution in [0.25, 0.3) is 0 Å². The van der Waals surface area contributed by atoms with Gasteiger partial charge < -0.3 is 20.5 Å². The first kappa shape index (κ1) is 17.9. The van der Waals surface area contributed by atoms with Crippen LogP contribution in [0.2, 0.25) is 0 Å². The van der Waals surface area contributed by atoms with Gasteiger partial charge in [0.2, 0.25) is 5.91 Å². The maximum atomic E-state index is 12.9. The van der Waals surface area contributed by atoms with Gasteiger partial charge in [0.05, 0.1) is 43.0 Å². The third-order valence-electron chi connectivity index (χ3n) is 4.84. The van der Waals surface area contributed by atoms with Gasteiger partial charge in [0.1, 0.15) is 17.5 Å². The number of aromatic nitrogens is 1. The molecule has 0 spiro atoms. The van der Waals surface area contributed by atoms with Crippen molar-refractivity contribution < 1.29 is 14.3 Å². The van der Waals surface area contributed by atoms with Crippen molar-refractivity contribution in [1.29, 1.82) is 0 Å². The van der Waals surface area contributed by atoms with Gasteiger partial charge in [-0.2, -0.15) is 0 Å². The lowest BCUT2D eigenvalue weighted by atomic mass is 10.0. The van der Waals surface area contributed by atoms with E-state index in [0.717, 1.165) is 6.42 Å². The second-order valence-electron chi connectivity index (χ2n) is 6.75. The molecule has 4 heterocycles. The smallest absolute Gasteiger partial charge is 0.233 e. The average molecular weight is 383 g/mol. The number of nitrogens with one attached hydrogen (secondary N) is 3. The van der Waals surface area contributed by atoms with E-state index < -0.39 is 12.1 Å². The Labute approximate surface area is 156 Å². The number of hydrogen-bond donors (Lipinski definition) is 4. The molecular weight excluding hydrogens is 360 g/mol.